The van der Waals surface area contributed by atoms with Crippen LogP contribution in [0.2, 0.25) is 0 Å². The minimum absolute atomic E-state index is 0. The Morgan fingerprint density at radius 1 is 0.833 bits per heavy atom. The van der Waals surface area contributed by atoms with E-state index in [0.717, 1.165) is 16.3 Å². The first-order valence-electron chi connectivity index (χ1n) is 9.17. The average Bonchev–Trinajstić information content (AvgIpc) is 3.02. The summed E-state index contributed by atoms with van der Waals surface area (Å²) in [4.78, 5) is 30.5. The predicted molar refractivity (Wildman–Crippen MR) is 126 cm³/mol. The number of aliphatic imine (C=N–C) groups is 1. The number of carbonyl (C=O) groups is 2. The number of rotatable bonds is 4. The topological polar surface area (TPSA) is 53.0 Å². The number of fused-ring (bicyclic) bond motifs is 1. The molecule has 3 aromatic carbocycles. The number of amides is 2. The molecule has 0 N–H and O–H groups in total. The number of amidine groups is 1. The number of imide groups is 1. The van der Waals surface area contributed by atoms with Crippen molar-refractivity contribution in [3.63, 3.8) is 0 Å². The Kier molecular flexibility index (Phi) is 7.07. The van der Waals surface area contributed by atoms with Crippen LogP contribution >= 0.6 is 28.7 Å². The van der Waals surface area contributed by atoms with Crippen molar-refractivity contribution >= 4 is 51.4 Å². The van der Waals surface area contributed by atoms with Gasteiger partial charge in [0.15, 0.2) is 5.17 Å². The zero-order valence-corrected chi connectivity index (χ0v) is 18.8. The maximum Gasteiger partial charge on any atom is 0.280 e. The van der Waals surface area contributed by atoms with E-state index in [1.165, 1.54) is 11.8 Å². The van der Waals surface area contributed by atoms with Crippen molar-refractivity contribution in [2.24, 2.45) is 4.99 Å². The summed E-state index contributed by atoms with van der Waals surface area (Å²) in [6.07, 6.45) is 0. The molecule has 152 valence electrons. The van der Waals surface area contributed by atoms with Gasteiger partial charge in [-0.3, -0.25) is 14.6 Å². The normalized spacial score (nSPS) is 13.1. The molecule has 0 fully saturated rings. The fourth-order valence-corrected chi connectivity index (χ4v) is 3.99. The number of hydrogen-bond acceptors (Lipinski definition) is 4. The number of hydrazine groups is 1. The quantitative estimate of drug-likeness (QED) is 0.287. The Morgan fingerprint density at radius 3 is 1.90 bits per heavy atom. The van der Waals surface area contributed by atoms with Gasteiger partial charge in [0.1, 0.15) is 0 Å². The molecule has 0 spiro atoms. The highest BCUT2D eigenvalue weighted by molar-refractivity contribution is 8.93. The van der Waals surface area contributed by atoms with Crippen LogP contribution < -0.4 is 0 Å². The van der Waals surface area contributed by atoms with Gasteiger partial charge in [0.25, 0.3) is 11.8 Å². The van der Waals surface area contributed by atoms with Crippen LogP contribution in [0.5, 0.6) is 0 Å². The van der Waals surface area contributed by atoms with Crippen LogP contribution in [-0.2, 0) is 5.75 Å². The number of benzene rings is 3. The fourth-order valence-electron chi connectivity index (χ4n) is 3.07. The molecule has 1 heterocycles. The third-order valence-corrected chi connectivity index (χ3v) is 5.63. The second-order valence-electron chi connectivity index (χ2n) is 6.50. The fraction of sp³-hybridized carbons (Fsp3) is 0.0870. The van der Waals surface area contributed by atoms with E-state index in [1.807, 2.05) is 60.7 Å². The summed E-state index contributed by atoms with van der Waals surface area (Å²) in [5.74, 6) is -0.0108. The first-order chi connectivity index (χ1) is 14.1. The van der Waals surface area contributed by atoms with Gasteiger partial charge in [-0.25, -0.2) is 4.99 Å². The van der Waals surface area contributed by atoms with Crippen molar-refractivity contribution in [1.29, 1.82) is 0 Å². The molecule has 0 bridgehead atoms. The van der Waals surface area contributed by atoms with Crippen LogP contribution in [0.25, 0.3) is 0 Å². The summed E-state index contributed by atoms with van der Waals surface area (Å²) in [6, 6.07) is 26.4. The van der Waals surface area contributed by atoms with Gasteiger partial charge in [-0.15, -0.1) is 17.0 Å². The number of thioether (sulfide) groups is 1. The van der Waals surface area contributed by atoms with E-state index in [-0.39, 0.29) is 28.8 Å². The van der Waals surface area contributed by atoms with Crippen molar-refractivity contribution in [2.75, 3.05) is 7.05 Å². The highest BCUT2D eigenvalue weighted by Crippen LogP contribution is 2.27. The average molecular weight is 482 g/mol. The van der Waals surface area contributed by atoms with Crippen LogP contribution in [0.15, 0.2) is 89.9 Å². The number of nitrogens with zero attached hydrogens (tertiary/aromatic N) is 3. The Hall–Kier alpha value is -2.90. The first-order valence-corrected chi connectivity index (χ1v) is 10.2. The zero-order valence-electron chi connectivity index (χ0n) is 16.3. The number of halogens is 1. The van der Waals surface area contributed by atoms with E-state index in [1.54, 1.807) is 36.3 Å². The predicted octanol–water partition coefficient (Wildman–Crippen LogP) is 5.33. The molecule has 0 saturated heterocycles. The van der Waals surface area contributed by atoms with E-state index in [2.05, 4.69) is 0 Å². The third kappa shape index (κ3) is 4.47. The summed E-state index contributed by atoms with van der Waals surface area (Å²) in [6.45, 7) is 0. The van der Waals surface area contributed by atoms with E-state index in [9.17, 15) is 9.59 Å². The third-order valence-electron chi connectivity index (χ3n) is 4.54. The minimum atomic E-state index is -0.339. The summed E-state index contributed by atoms with van der Waals surface area (Å²) in [5, 5.41) is 3.27. The smallest absolute Gasteiger partial charge is 0.267 e. The van der Waals surface area contributed by atoms with Crippen LogP contribution in [0.3, 0.4) is 0 Å². The Bertz CT molecular complexity index is 1040. The molecular formula is C23H20BrN3O2S. The van der Waals surface area contributed by atoms with Gasteiger partial charge in [-0.05, 0) is 29.8 Å². The van der Waals surface area contributed by atoms with E-state index in [0.29, 0.717) is 22.0 Å². The summed E-state index contributed by atoms with van der Waals surface area (Å²) in [7, 11) is 1.70. The van der Waals surface area contributed by atoms with Gasteiger partial charge in [-0.1, -0.05) is 72.4 Å². The van der Waals surface area contributed by atoms with E-state index in [4.69, 9.17) is 4.99 Å². The molecule has 3 aromatic rings. The van der Waals surface area contributed by atoms with Crippen molar-refractivity contribution in [2.45, 2.75) is 5.75 Å². The lowest BCUT2D eigenvalue weighted by Crippen LogP contribution is -2.46. The van der Waals surface area contributed by atoms with E-state index >= 15 is 0 Å². The maximum atomic E-state index is 12.9. The maximum absolute atomic E-state index is 12.9. The van der Waals surface area contributed by atoms with Gasteiger partial charge in [0, 0.05) is 12.8 Å². The monoisotopic (exact) mass is 481 g/mol. The molecule has 0 radical (unpaired) electrons. The van der Waals surface area contributed by atoms with Gasteiger partial charge in [0.05, 0.1) is 16.8 Å². The van der Waals surface area contributed by atoms with Crippen LogP contribution in [0, 0.1) is 0 Å². The van der Waals surface area contributed by atoms with Crippen molar-refractivity contribution < 1.29 is 9.59 Å². The molecule has 30 heavy (non-hydrogen) atoms. The molecule has 0 saturated carbocycles. The SMILES string of the molecule is Br.CN(C(=Nc1ccccc1)SCc1ccccc1)N1C(=O)c2ccccc2C1=O. The van der Waals surface area contributed by atoms with Crippen LogP contribution in [-0.4, -0.2) is 34.0 Å². The lowest BCUT2D eigenvalue weighted by molar-refractivity contribution is 0.0369. The summed E-state index contributed by atoms with van der Waals surface area (Å²) >= 11 is 1.48. The number of hydrogen-bond donors (Lipinski definition) is 0. The second kappa shape index (κ2) is 9.73. The molecule has 5 nitrogen and oxygen atoms in total. The lowest BCUT2D eigenvalue weighted by atomic mass is 10.1. The molecule has 1 aliphatic rings. The van der Waals surface area contributed by atoms with Gasteiger partial charge in [-0.2, -0.15) is 5.01 Å². The molecule has 0 aromatic heterocycles. The van der Waals surface area contributed by atoms with Gasteiger partial charge in [0.2, 0.25) is 0 Å². The number of para-hydroxylation sites is 1. The molecule has 0 unspecified atom stereocenters. The van der Waals surface area contributed by atoms with Crippen LogP contribution in [0.1, 0.15) is 26.3 Å². The Balaban J connectivity index is 0.00000256. The highest BCUT2D eigenvalue weighted by atomic mass is 79.9. The minimum Gasteiger partial charge on any atom is -0.267 e. The number of carbonyl (C=O) groups excluding carboxylic acids is 2. The largest absolute Gasteiger partial charge is 0.280 e. The lowest BCUT2D eigenvalue weighted by Gasteiger charge is -2.28. The van der Waals surface area contributed by atoms with Crippen molar-refractivity contribution in [3.8, 4) is 0 Å². The van der Waals surface area contributed by atoms with Gasteiger partial charge >= 0.3 is 0 Å². The second-order valence-corrected chi connectivity index (χ2v) is 7.44. The van der Waals surface area contributed by atoms with Gasteiger partial charge < -0.3 is 0 Å². The molecule has 0 atom stereocenters. The summed E-state index contributed by atoms with van der Waals surface area (Å²) < 4.78 is 0. The molecule has 0 aliphatic carbocycles. The van der Waals surface area contributed by atoms with Crippen molar-refractivity contribution in [3.05, 3.63) is 102 Å². The zero-order chi connectivity index (χ0) is 20.2. The first kappa shape index (κ1) is 21.8. The Labute approximate surface area is 190 Å². The Morgan fingerprint density at radius 2 is 1.33 bits per heavy atom. The summed E-state index contributed by atoms with van der Waals surface area (Å²) in [5.41, 5.74) is 2.72. The molecule has 1 aliphatic heterocycles. The molecule has 7 heteroatoms. The molecular weight excluding hydrogens is 462 g/mol. The molecule has 2 amide bonds. The van der Waals surface area contributed by atoms with E-state index < -0.39 is 0 Å². The standard InChI is InChI=1S/C23H19N3O2S.BrH/c1-25(26-21(27)19-14-8-9-15-20(19)22(26)28)23(24-18-12-6-3-7-13-18)29-16-17-10-4-2-5-11-17;/h2-15H,16H2,1H3;1H. The van der Waals surface area contributed by atoms with Crippen molar-refractivity contribution in [1.82, 2.24) is 10.0 Å². The van der Waals surface area contributed by atoms with Crippen LogP contribution in [0.4, 0.5) is 5.69 Å². The highest BCUT2D eigenvalue weighted by Gasteiger charge is 2.39. The molecule has 4 rings (SSSR count).